The smallest absolute Gasteiger partial charge is 0.220 e. The maximum absolute atomic E-state index is 11.8. The fourth-order valence-electron chi connectivity index (χ4n) is 2.35. The van der Waals surface area contributed by atoms with Crippen molar-refractivity contribution in [1.29, 1.82) is 0 Å². The Morgan fingerprint density at radius 2 is 1.56 bits per heavy atom. The topological polar surface area (TPSA) is 47.6 Å². The SMILES string of the molecule is CCC.CCCCCCCCC(=O)NCc1ccc(OC)c(OC)c1.[HH]. The summed E-state index contributed by atoms with van der Waals surface area (Å²) in [5.41, 5.74) is 1.01. The molecule has 0 spiro atoms. The largest absolute Gasteiger partial charge is 0.493 e. The molecule has 0 unspecified atom stereocenters. The van der Waals surface area contributed by atoms with Gasteiger partial charge in [-0.1, -0.05) is 65.4 Å². The molecule has 0 aliphatic heterocycles. The van der Waals surface area contributed by atoms with Crippen molar-refractivity contribution in [2.45, 2.75) is 78.7 Å². The van der Waals surface area contributed by atoms with E-state index >= 15 is 0 Å². The summed E-state index contributed by atoms with van der Waals surface area (Å²) in [4.78, 5) is 11.8. The highest BCUT2D eigenvalue weighted by atomic mass is 16.5. The normalized spacial score (nSPS) is 9.80. The molecule has 0 atom stereocenters. The van der Waals surface area contributed by atoms with Crippen LogP contribution in [0, 0.1) is 0 Å². The number of carbonyl (C=O) groups is 1. The van der Waals surface area contributed by atoms with Crippen LogP contribution in [0.1, 0.15) is 79.1 Å². The third-order valence-electron chi connectivity index (χ3n) is 3.70. The first-order valence-corrected chi connectivity index (χ1v) is 9.60. The van der Waals surface area contributed by atoms with Crippen molar-refractivity contribution < 1.29 is 15.7 Å². The summed E-state index contributed by atoms with van der Waals surface area (Å²) < 4.78 is 10.5. The van der Waals surface area contributed by atoms with E-state index in [-0.39, 0.29) is 7.33 Å². The monoisotopic (exact) mass is 353 g/mol. The summed E-state index contributed by atoms with van der Waals surface area (Å²) in [5.74, 6) is 1.50. The maximum Gasteiger partial charge on any atom is 0.220 e. The van der Waals surface area contributed by atoms with Crippen LogP contribution in [0.2, 0.25) is 0 Å². The first-order chi connectivity index (χ1) is 12.1. The summed E-state index contributed by atoms with van der Waals surface area (Å²) in [6.07, 6.45) is 9.04. The zero-order valence-corrected chi connectivity index (χ0v) is 16.8. The summed E-state index contributed by atoms with van der Waals surface area (Å²) in [6.45, 7) is 6.98. The van der Waals surface area contributed by atoms with Gasteiger partial charge in [0.1, 0.15) is 0 Å². The van der Waals surface area contributed by atoms with Crippen LogP contribution in [0.15, 0.2) is 18.2 Å². The van der Waals surface area contributed by atoms with Gasteiger partial charge in [-0.2, -0.15) is 0 Å². The molecule has 0 fully saturated rings. The minimum Gasteiger partial charge on any atom is -0.493 e. The van der Waals surface area contributed by atoms with Crippen molar-refractivity contribution in [3.63, 3.8) is 0 Å². The van der Waals surface area contributed by atoms with Crippen LogP contribution in [-0.4, -0.2) is 20.1 Å². The van der Waals surface area contributed by atoms with Crippen LogP contribution < -0.4 is 14.8 Å². The van der Waals surface area contributed by atoms with E-state index in [1.165, 1.54) is 32.1 Å². The fraction of sp³-hybridized carbons (Fsp3) is 0.667. The Bertz CT molecular complexity index is 467. The Morgan fingerprint density at radius 1 is 0.960 bits per heavy atom. The lowest BCUT2D eigenvalue weighted by Gasteiger charge is -2.10. The Kier molecular flexibility index (Phi) is 14.7. The summed E-state index contributed by atoms with van der Waals surface area (Å²) >= 11 is 0. The molecule has 0 heterocycles. The summed E-state index contributed by atoms with van der Waals surface area (Å²) in [7, 11) is 3.22. The van der Waals surface area contributed by atoms with Crippen LogP contribution in [0.3, 0.4) is 0 Å². The highest BCUT2D eigenvalue weighted by molar-refractivity contribution is 5.75. The molecule has 4 nitrogen and oxygen atoms in total. The zero-order chi connectivity index (χ0) is 18.9. The van der Waals surface area contributed by atoms with Gasteiger partial charge in [-0.15, -0.1) is 0 Å². The number of amides is 1. The van der Waals surface area contributed by atoms with Crippen molar-refractivity contribution in [3.8, 4) is 11.5 Å². The first kappa shape index (κ1) is 23.3. The standard InChI is InChI=1S/C18H29NO3.C3H8.H2/c1-4-5-6-7-8-9-10-18(20)19-14-15-11-12-16(21-2)17(13-15)22-3;1-3-2;/h11-13H,4-10,14H2,1-3H3,(H,19,20);3H2,1-2H3;1H. The average Bonchev–Trinajstić information content (AvgIpc) is 2.63. The highest BCUT2D eigenvalue weighted by Crippen LogP contribution is 2.27. The average molecular weight is 354 g/mol. The predicted octanol–water partition coefficient (Wildman–Crippen LogP) is 5.73. The molecule has 1 aromatic carbocycles. The molecule has 0 aliphatic rings. The van der Waals surface area contributed by atoms with Crippen LogP contribution in [0.25, 0.3) is 0 Å². The van der Waals surface area contributed by atoms with E-state index in [0.29, 0.717) is 24.5 Å². The van der Waals surface area contributed by atoms with Crippen LogP contribution in [-0.2, 0) is 11.3 Å². The number of hydrogen-bond acceptors (Lipinski definition) is 3. The van der Waals surface area contributed by atoms with E-state index in [4.69, 9.17) is 9.47 Å². The Morgan fingerprint density at radius 3 is 2.16 bits per heavy atom. The third-order valence-corrected chi connectivity index (χ3v) is 3.70. The molecule has 0 radical (unpaired) electrons. The van der Waals surface area contributed by atoms with E-state index in [2.05, 4.69) is 26.1 Å². The van der Waals surface area contributed by atoms with E-state index < -0.39 is 0 Å². The van der Waals surface area contributed by atoms with Crippen molar-refractivity contribution >= 4 is 5.91 Å². The second kappa shape index (κ2) is 15.8. The number of benzene rings is 1. The predicted molar refractivity (Wildman–Crippen MR) is 107 cm³/mol. The van der Waals surface area contributed by atoms with E-state index in [1.54, 1.807) is 14.2 Å². The molecule has 1 amide bonds. The van der Waals surface area contributed by atoms with Crippen molar-refractivity contribution in [2.24, 2.45) is 0 Å². The lowest BCUT2D eigenvalue weighted by atomic mass is 10.1. The zero-order valence-electron chi connectivity index (χ0n) is 16.8. The van der Waals surface area contributed by atoms with Crippen molar-refractivity contribution in [1.82, 2.24) is 5.32 Å². The number of methoxy groups -OCH3 is 2. The third kappa shape index (κ3) is 11.5. The lowest BCUT2D eigenvalue weighted by molar-refractivity contribution is -0.121. The van der Waals surface area contributed by atoms with Gasteiger partial charge in [0.05, 0.1) is 14.2 Å². The number of carbonyl (C=O) groups excluding carboxylic acids is 1. The minimum absolute atomic E-state index is 0. The second-order valence-corrected chi connectivity index (χ2v) is 6.19. The van der Waals surface area contributed by atoms with Gasteiger partial charge < -0.3 is 14.8 Å². The fourth-order valence-corrected chi connectivity index (χ4v) is 2.35. The number of unbranched alkanes of at least 4 members (excludes halogenated alkanes) is 5. The van der Waals surface area contributed by atoms with Gasteiger partial charge in [0.2, 0.25) is 5.91 Å². The second-order valence-electron chi connectivity index (χ2n) is 6.19. The molecule has 25 heavy (non-hydrogen) atoms. The van der Waals surface area contributed by atoms with Gasteiger partial charge in [0, 0.05) is 14.4 Å². The molecule has 1 aromatic rings. The Labute approximate surface area is 155 Å². The van der Waals surface area contributed by atoms with Gasteiger partial charge in [-0.3, -0.25) is 4.79 Å². The maximum atomic E-state index is 11.8. The van der Waals surface area contributed by atoms with E-state index in [0.717, 1.165) is 18.4 Å². The molecule has 0 bridgehead atoms. The molecule has 1 N–H and O–H groups in total. The highest BCUT2D eigenvalue weighted by Gasteiger charge is 2.06. The summed E-state index contributed by atoms with van der Waals surface area (Å²) in [5, 5.41) is 2.95. The number of hydrogen-bond donors (Lipinski definition) is 1. The molecule has 0 aliphatic carbocycles. The van der Waals surface area contributed by atoms with E-state index in [9.17, 15) is 4.79 Å². The molecule has 1 rings (SSSR count). The van der Waals surface area contributed by atoms with Crippen LogP contribution in [0.4, 0.5) is 0 Å². The van der Waals surface area contributed by atoms with Gasteiger partial charge in [-0.25, -0.2) is 0 Å². The van der Waals surface area contributed by atoms with Gasteiger partial charge in [0.25, 0.3) is 0 Å². The molecular weight excluding hydrogens is 314 g/mol. The van der Waals surface area contributed by atoms with Crippen LogP contribution in [0.5, 0.6) is 11.5 Å². The van der Waals surface area contributed by atoms with Gasteiger partial charge >= 0.3 is 0 Å². The number of rotatable bonds is 11. The van der Waals surface area contributed by atoms with E-state index in [1.807, 2.05) is 18.2 Å². The van der Waals surface area contributed by atoms with Crippen LogP contribution >= 0.6 is 0 Å². The molecular formula is C21H39NO3. The molecule has 0 saturated carbocycles. The molecule has 0 aromatic heterocycles. The Balaban J connectivity index is 0. The molecule has 0 saturated heterocycles. The molecule has 146 valence electrons. The van der Waals surface area contributed by atoms with Crippen molar-refractivity contribution in [2.75, 3.05) is 14.2 Å². The lowest BCUT2D eigenvalue weighted by Crippen LogP contribution is -2.22. The van der Waals surface area contributed by atoms with Crippen molar-refractivity contribution in [3.05, 3.63) is 23.8 Å². The first-order valence-electron chi connectivity index (χ1n) is 9.60. The quantitative estimate of drug-likeness (QED) is 0.517. The van der Waals surface area contributed by atoms with Gasteiger partial charge in [0.15, 0.2) is 11.5 Å². The summed E-state index contributed by atoms with van der Waals surface area (Å²) in [6, 6.07) is 5.68. The number of ether oxygens (including phenoxy) is 2. The minimum atomic E-state index is 0. The van der Waals surface area contributed by atoms with Gasteiger partial charge in [-0.05, 0) is 24.1 Å². The molecule has 4 heteroatoms. The number of nitrogens with one attached hydrogen (secondary N) is 1. The Hall–Kier alpha value is -1.71.